The van der Waals surface area contributed by atoms with Gasteiger partial charge in [-0.05, 0) is 57.5 Å². The molecule has 0 saturated heterocycles. The maximum Gasteiger partial charge on any atom is 0.00929 e. The predicted octanol–water partition coefficient (Wildman–Crippen LogP) is 4.55. The molecule has 20 heavy (non-hydrogen) atoms. The molecule has 0 aromatic rings. The van der Waals surface area contributed by atoms with Crippen molar-refractivity contribution in [1.29, 1.82) is 0 Å². The fourth-order valence-corrected chi connectivity index (χ4v) is 2.95. The summed E-state index contributed by atoms with van der Waals surface area (Å²) in [6, 6.07) is 1.47. The number of nitrogens with one attached hydrogen (secondary N) is 1. The first-order valence-corrected chi connectivity index (χ1v) is 8.88. The Kier molecular flexibility index (Phi) is 11.5. The first-order valence-electron chi connectivity index (χ1n) is 8.88. The minimum atomic E-state index is 0.711. The minimum absolute atomic E-state index is 0.711. The molecule has 0 fully saturated rings. The van der Waals surface area contributed by atoms with Gasteiger partial charge in [-0.1, -0.05) is 41.5 Å². The molecular weight excluding hydrogens is 244 g/mol. The fraction of sp³-hybridized carbons (Fsp3) is 1.00. The Morgan fingerprint density at radius 3 is 1.95 bits per heavy atom. The highest BCUT2D eigenvalue weighted by molar-refractivity contribution is 4.76. The molecule has 0 aliphatic rings. The van der Waals surface area contributed by atoms with Crippen molar-refractivity contribution < 1.29 is 0 Å². The summed E-state index contributed by atoms with van der Waals surface area (Å²) in [5, 5.41) is 3.56. The van der Waals surface area contributed by atoms with Gasteiger partial charge in [0.25, 0.3) is 0 Å². The Hall–Kier alpha value is -0.0800. The van der Waals surface area contributed by atoms with Crippen LogP contribution in [0.5, 0.6) is 0 Å². The fourth-order valence-electron chi connectivity index (χ4n) is 2.95. The summed E-state index contributed by atoms with van der Waals surface area (Å²) in [5.41, 5.74) is 0. The molecule has 0 aromatic heterocycles. The van der Waals surface area contributed by atoms with Crippen LogP contribution < -0.4 is 5.32 Å². The normalized spacial score (nSPS) is 13.9. The lowest BCUT2D eigenvalue weighted by atomic mass is 10.0. The van der Waals surface area contributed by atoms with E-state index in [-0.39, 0.29) is 0 Å². The van der Waals surface area contributed by atoms with Crippen molar-refractivity contribution in [2.75, 3.05) is 19.6 Å². The number of hydrogen-bond donors (Lipinski definition) is 1. The summed E-state index contributed by atoms with van der Waals surface area (Å²) in [5.74, 6) is 1.52. The number of nitrogens with zero attached hydrogens (tertiary/aromatic N) is 1. The highest BCUT2D eigenvalue weighted by atomic mass is 15.2. The van der Waals surface area contributed by atoms with Crippen molar-refractivity contribution in [2.45, 2.75) is 86.2 Å². The second-order valence-corrected chi connectivity index (χ2v) is 7.15. The van der Waals surface area contributed by atoms with Gasteiger partial charge in [-0.2, -0.15) is 0 Å². The molecule has 0 amide bonds. The molecule has 0 rings (SSSR count). The van der Waals surface area contributed by atoms with Crippen molar-refractivity contribution in [2.24, 2.45) is 11.8 Å². The standard InChI is InChI=1S/C18H40N2/c1-8-18(9-2)20(14-16(5)6)17(7)11-10-12-19-13-15(3)4/h15-19H,8-14H2,1-7H3. The molecule has 0 radical (unpaired) electrons. The van der Waals surface area contributed by atoms with Gasteiger partial charge in [0.15, 0.2) is 0 Å². The molecular formula is C18H40N2. The summed E-state index contributed by atoms with van der Waals surface area (Å²) < 4.78 is 0. The van der Waals surface area contributed by atoms with E-state index in [1.807, 2.05) is 0 Å². The number of hydrogen-bond acceptors (Lipinski definition) is 2. The van der Waals surface area contributed by atoms with Gasteiger partial charge in [-0.25, -0.2) is 0 Å². The van der Waals surface area contributed by atoms with Crippen LogP contribution in [0, 0.1) is 11.8 Å². The lowest BCUT2D eigenvalue weighted by Gasteiger charge is -2.37. The Bertz CT molecular complexity index is 209. The largest absolute Gasteiger partial charge is 0.316 e. The first-order chi connectivity index (χ1) is 9.42. The van der Waals surface area contributed by atoms with Gasteiger partial charge in [0.05, 0.1) is 0 Å². The second-order valence-electron chi connectivity index (χ2n) is 7.15. The summed E-state index contributed by atoms with van der Waals surface area (Å²) in [6.07, 6.45) is 5.16. The zero-order valence-corrected chi connectivity index (χ0v) is 15.2. The van der Waals surface area contributed by atoms with Gasteiger partial charge in [-0.15, -0.1) is 0 Å². The summed E-state index contributed by atoms with van der Waals surface area (Å²) in [6.45, 7) is 19.9. The number of rotatable bonds is 12. The highest BCUT2D eigenvalue weighted by Crippen LogP contribution is 2.18. The van der Waals surface area contributed by atoms with E-state index in [0.29, 0.717) is 6.04 Å². The van der Waals surface area contributed by atoms with Gasteiger partial charge in [0.2, 0.25) is 0 Å². The molecule has 122 valence electrons. The van der Waals surface area contributed by atoms with Crippen LogP contribution in [0.3, 0.4) is 0 Å². The van der Waals surface area contributed by atoms with E-state index in [9.17, 15) is 0 Å². The van der Waals surface area contributed by atoms with Crippen molar-refractivity contribution in [3.05, 3.63) is 0 Å². The van der Waals surface area contributed by atoms with E-state index in [1.165, 1.54) is 38.8 Å². The van der Waals surface area contributed by atoms with Crippen molar-refractivity contribution >= 4 is 0 Å². The van der Waals surface area contributed by atoms with E-state index in [2.05, 4.69) is 58.7 Å². The lowest BCUT2D eigenvalue weighted by Crippen LogP contribution is -2.43. The van der Waals surface area contributed by atoms with Crippen LogP contribution >= 0.6 is 0 Å². The zero-order chi connectivity index (χ0) is 15.5. The van der Waals surface area contributed by atoms with Gasteiger partial charge < -0.3 is 5.32 Å². The van der Waals surface area contributed by atoms with Crippen molar-refractivity contribution in [1.82, 2.24) is 10.2 Å². The summed E-state index contributed by atoms with van der Waals surface area (Å²) in [7, 11) is 0. The first kappa shape index (κ1) is 19.9. The molecule has 1 N–H and O–H groups in total. The average molecular weight is 285 g/mol. The van der Waals surface area contributed by atoms with Crippen LogP contribution in [0.2, 0.25) is 0 Å². The molecule has 0 aromatic carbocycles. The molecule has 1 atom stereocenters. The molecule has 0 bridgehead atoms. The smallest absolute Gasteiger partial charge is 0.00929 e. The monoisotopic (exact) mass is 284 g/mol. The van der Waals surface area contributed by atoms with Crippen LogP contribution in [0.15, 0.2) is 0 Å². The maximum absolute atomic E-state index is 3.56. The van der Waals surface area contributed by atoms with Crippen molar-refractivity contribution in [3.8, 4) is 0 Å². The van der Waals surface area contributed by atoms with Crippen LogP contribution in [0.25, 0.3) is 0 Å². The topological polar surface area (TPSA) is 15.3 Å². The van der Waals surface area contributed by atoms with Gasteiger partial charge >= 0.3 is 0 Å². The Balaban J connectivity index is 4.16. The molecule has 2 nitrogen and oxygen atoms in total. The highest BCUT2D eigenvalue weighted by Gasteiger charge is 2.21. The third kappa shape index (κ3) is 8.97. The SMILES string of the molecule is CCC(CC)N(CC(C)C)C(C)CCCNCC(C)C. The molecule has 0 spiro atoms. The molecule has 0 aliphatic carbocycles. The zero-order valence-electron chi connectivity index (χ0n) is 15.2. The van der Waals surface area contributed by atoms with Crippen LogP contribution in [-0.2, 0) is 0 Å². The van der Waals surface area contributed by atoms with E-state index < -0.39 is 0 Å². The van der Waals surface area contributed by atoms with Crippen LogP contribution in [0.4, 0.5) is 0 Å². The van der Waals surface area contributed by atoms with E-state index in [0.717, 1.165) is 24.4 Å². The molecule has 1 unspecified atom stereocenters. The Morgan fingerprint density at radius 1 is 0.900 bits per heavy atom. The summed E-state index contributed by atoms with van der Waals surface area (Å²) in [4.78, 5) is 2.76. The van der Waals surface area contributed by atoms with E-state index >= 15 is 0 Å². The third-order valence-corrected chi connectivity index (χ3v) is 4.08. The molecule has 2 heteroatoms. The quantitative estimate of drug-likeness (QED) is 0.529. The van der Waals surface area contributed by atoms with Gasteiger partial charge in [0.1, 0.15) is 0 Å². The molecule has 0 aliphatic heterocycles. The lowest BCUT2D eigenvalue weighted by molar-refractivity contribution is 0.111. The second kappa shape index (κ2) is 11.6. The summed E-state index contributed by atoms with van der Waals surface area (Å²) >= 11 is 0. The van der Waals surface area contributed by atoms with E-state index in [1.54, 1.807) is 0 Å². The Labute approximate surface area is 128 Å². The Morgan fingerprint density at radius 2 is 1.50 bits per heavy atom. The van der Waals surface area contributed by atoms with E-state index in [4.69, 9.17) is 0 Å². The van der Waals surface area contributed by atoms with Crippen molar-refractivity contribution in [3.63, 3.8) is 0 Å². The predicted molar refractivity (Wildman–Crippen MR) is 92.3 cm³/mol. The average Bonchev–Trinajstić information content (AvgIpc) is 2.37. The molecule has 0 saturated carbocycles. The minimum Gasteiger partial charge on any atom is -0.316 e. The van der Waals surface area contributed by atoms with Gasteiger partial charge in [0, 0.05) is 18.6 Å². The van der Waals surface area contributed by atoms with Crippen LogP contribution in [0.1, 0.15) is 74.1 Å². The van der Waals surface area contributed by atoms with Crippen LogP contribution in [-0.4, -0.2) is 36.6 Å². The third-order valence-electron chi connectivity index (χ3n) is 4.08. The maximum atomic E-state index is 3.56. The van der Waals surface area contributed by atoms with Gasteiger partial charge in [-0.3, -0.25) is 4.90 Å². The molecule has 0 heterocycles.